The molecule has 4 heterocycles. The Bertz CT molecular complexity index is 1260. The van der Waals surface area contributed by atoms with Crippen molar-refractivity contribution in [3.05, 3.63) is 83.3 Å². The topological polar surface area (TPSA) is 81.2 Å². The van der Waals surface area contributed by atoms with Crippen LogP contribution in [0.4, 0.5) is 0 Å². The fourth-order valence-electron chi connectivity index (χ4n) is 3.08. The Hall–Kier alpha value is -3.71. The van der Waals surface area contributed by atoms with Crippen LogP contribution in [-0.2, 0) is 6.54 Å². The Labute approximate surface area is 169 Å². The summed E-state index contributed by atoms with van der Waals surface area (Å²) in [6, 6.07) is 13.0. The number of benzene rings is 1. The van der Waals surface area contributed by atoms with Crippen LogP contribution in [0.15, 0.2) is 81.7 Å². The molecule has 7 heteroatoms. The van der Waals surface area contributed by atoms with Crippen molar-refractivity contribution in [2.45, 2.75) is 6.54 Å². The van der Waals surface area contributed by atoms with Crippen molar-refractivity contribution < 1.29 is 13.6 Å². The summed E-state index contributed by atoms with van der Waals surface area (Å²) >= 11 is 1.61. The Morgan fingerprint density at radius 3 is 2.28 bits per heavy atom. The van der Waals surface area contributed by atoms with Gasteiger partial charge in [0.05, 0.1) is 42.6 Å². The van der Waals surface area contributed by atoms with Gasteiger partial charge in [-0.05, 0) is 41.8 Å². The maximum absolute atomic E-state index is 12.6. The second-order valence-electron chi connectivity index (χ2n) is 6.41. The van der Waals surface area contributed by atoms with E-state index < -0.39 is 0 Å². The van der Waals surface area contributed by atoms with E-state index in [1.165, 1.54) is 0 Å². The van der Waals surface area contributed by atoms with Crippen LogP contribution in [0, 0.1) is 0 Å². The number of furan rings is 2. The largest absolute Gasteiger partial charge is 0.472 e. The summed E-state index contributed by atoms with van der Waals surface area (Å²) in [6.07, 6.45) is 6.44. The fraction of sp³-hybridized carbons (Fsp3) is 0.0455. The number of amides is 1. The lowest BCUT2D eigenvalue weighted by Crippen LogP contribution is -2.22. The van der Waals surface area contributed by atoms with Gasteiger partial charge in [0.2, 0.25) is 0 Å². The molecule has 0 radical (unpaired) electrons. The highest BCUT2D eigenvalue weighted by Crippen LogP contribution is 2.31. The monoisotopic (exact) mass is 401 g/mol. The quantitative estimate of drug-likeness (QED) is 0.441. The molecule has 0 fully saturated rings. The van der Waals surface area contributed by atoms with E-state index in [2.05, 4.69) is 5.32 Å². The highest BCUT2D eigenvalue weighted by molar-refractivity contribution is 7.09. The molecule has 0 saturated heterocycles. The zero-order chi connectivity index (χ0) is 19.6. The smallest absolute Gasteiger partial charge is 0.251 e. The second-order valence-corrected chi connectivity index (χ2v) is 7.44. The lowest BCUT2D eigenvalue weighted by atomic mass is 10.1. The molecular weight excluding hydrogens is 386 g/mol. The minimum Gasteiger partial charge on any atom is -0.472 e. The minimum atomic E-state index is -0.147. The number of carbonyl (C=O) groups excluding carboxylic acids is 1. The normalized spacial score (nSPS) is 11.0. The zero-order valence-electron chi connectivity index (χ0n) is 15.2. The van der Waals surface area contributed by atoms with E-state index in [0.29, 0.717) is 34.5 Å². The van der Waals surface area contributed by atoms with E-state index in [1.807, 2.05) is 35.7 Å². The molecule has 1 amide bonds. The molecule has 1 N–H and O–H groups in total. The average molecular weight is 401 g/mol. The Balaban J connectivity index is 1.54. The first-order valence-electron chi connectivity index (χ1n) is 8.95. The first-order valence-corrected chi connectivity index (χ1v) is 9.83. The van der Waals surface area contributed by atoms with Crippen LogP contribution in [0.2, 0.25) is 0 Å². The number of fused-ring (bicyclic) bond motifs is 1. The molecular formula is C22H15N3O3S. The molecule has 0 unspecified atom stereocenters. The third-order valence-electron chi connectivity index (χ3n) is 4.52. The average Bonchev–Trinajstić information content (AvgIpc) is 3.53. The molecule has 0 atom stereocenters. The lowest BCUT2D eigenvalue weighted by Gasteiger charge is -2.09. The summed E-state index contributed by atoms with van der Waals surface area (Å²) in [5.74, 6) is -0.147. The van der Waals surface area contributed by atoms with E-state index in [-0.39, 0.29) is 5.91 Å². The third kappa shape index (κ3) is 3.43. The van der Waals surface area contributed by atoms with Gasteiger partial charge >= 0.3 is 0 Å². The maximum Gasteiger partial charge on any atom is 0.251 e. The molecule has 0 aliphatic heterocycles. The predicted octanol–water partition coefficient (Wildman–Crippen LogP) is 5.14. The first kappa shape index (κ1) is 17.4. The molecule has 4 aromatic heterocycles. The van der Waals surface area contributed by atoms with Crippen LogP contribution < -0.4 is 5.32 Å². The first-order chi connectivity index (χ1) is 14.3. The summed E-state index contributed by atoms with van der Waals surface area (Å²) in [5, 5.41) is 4.93. The van der Waals surface area contributed by atoms with Crippen LogP contribution in [0.5, 0.6) is 0 Å². The molecule has 0 aliphatic rings. The van der Waals surface area contributed by atoms with Crippen molar-refractivity contribution in [2.24, 2.45) is 0 Å². The summed E-state index contributed by atoms with van der Waals surface area (Å²) in [5.41, 5.74) is 4.88. The van der Waals surface area contributed by atoms with E-state index in [1.54, 1.807) is 48.5 Å². The number of hydrogen-bond acceptors (Lipinski definition) is 6. The van der Waals surface area contributed by atoms with Gasteiger partial charge in [0.15, 0.2) is 0 Å². The maximum atomic E-state index is 12.6. The highest BCUT2D eigenvalue weighted by Gasteiger charge is 2.16. The van der Waals surface area contributed by atoms with Gasteiger partial charge < -0.3 is 14.2 Å². The van der Waals surface area contributed by atoms with Crippen molar-refractivity contribution in [2.75, 3.05) is 0 Å². The number of rotatable bonds is 5. The number of nitrogens with zero attached hydrogens (tertiary/aromatic N) is 2. The van der Waals surface area contributed by atoms with Crippen LogP contribution in [0.3, 0.4) is 0 Å². The lowest BCUT2D eigenvalue weighted by molar-refractivity contribution is 0.0951. The van der Waals surface area contributed by atoms with Gasteiger partial charge in [0, 0.05) is 21.6 Å². The standard InChI is InChI=1S/C22H15N3O3S/c26-22(23-11-17-2-1-9-29-17)14-3-4-18-19(10-14)25-21(16-6-8-28-13-16)20(24-18)15-5-7-27-12-15/h1-10,12-13H,11H2,(H,23,26). The van der Waals surface area contributed by atoms with Gasteiger partial charge in [-0.1, -0.05) is 6.07 Å². The number of aromatic nitrogens is 2. The molecule has 5 aromatic rings. The molecule has 1 aromatic carbocycles. The Kier molecular flexibility index (Phi) is 4.42. The summed E-state index contributed by atoms with van der Waals surface area (Å²) in [7, 11) is 0. The number of thiophene rings is 1. The summed E-state index contributed by atoms with van der Waals surface area (Å²) in [4.78, 5) is 23.2. The van der Waals surface area contributed by atoms with Gasteiger partial charge in [-0.15, -0.1) is 11.3 Å². The molecule has 0 aliphatic carbocycles. The van der Waals surface area contributed by atoms with Crippen molar-refractivity contribution in [1.82, 2.24) is 15.3 Å². The zero-order valence-corrected chi connectivity index (χ0v) is 16.0. The fourth-order valence-corrected chi connectivity index (χ4v) is 3.72. The second kappa shape index (κ2) is 7.37. The van der Waals surface area contributed by atoms with Crippen LogP contribution in [0.25, 0.3) is 33.5 Å². The van der Waals surface area contributed by atoms with Gasteiger partial charge in [0.25, 0.3) is 5.91 Å². The van der Waals surface area contributed by atoms with E-state index in [4.69, 9.17) is 18.8 Å². The predicted molar refractivity (Wildman–Crippen MR) is 110 cm³/mol. The molecule has 0 bridgehead atoms. The minimum absolute atomic E-state index is 0.147. The summed E-state index contributed by atoms with van der Waals surface area (Å²) in [6.45, 7) is 0.500. The number of carbonyl (C=O) groups is 1. The molecule has 5 rings (SSSR count). The molecule has 29 heavy (non-hydrogen) atoms. The van der Waals surface area contributed by atoms with Gasteiger partial charge in [-0.2, -0.15) is 0 Å². The Morgan fingerprint density at radius 2 is 1.66 bits per heavy atom. The summed E-state index contributed by atoms with van der Waals surface area (Å²) < 4.78 is 10.4. The molecule has 0 saturated carbocycles. The number of nitrogens with one attached hydrogen (secondary N) is 1. The molecule has 0 spiro atoms. The SMILES string of the molecule is O=C(NCc1cccs1)c1ccc2nc(-c3ccoc3)c(-c3ccoc3)nc2c1. The van der Waals surface area contributed by atoms with E-state index in [9.17, 15) is 4.79 Å². The van der Waals surface area contributed by atoms with Crippen LogP contribution in [0.1, 0.15) is 15.2 Å². The molecule has 142 valence electrons. The van der Waals surface area contributed by atoms with Crippen molar-refractivity contribution >= 4 is 28.3 Å². The Morgan fingerprint density at radius 1 is 0.931 bits per heavy atom. The molecule has 6 nitrogen and oxygen atoms in total. The van der Waals surface area contributed by atoms with Gasteiger partial charge in [-0.3, -0.25) is 4.79 Å². The third-order valence-corrected chi connectivity index (χ3v) is 5.40. The van der Waals surface area contributed by atoms with Gasteiger partial charge in [-0.25, -0.2) is 9.97 Å². The van der Waals surface area contributed by atoms with E-state index in [0.717, 1.165) is 16.0 Å². The number of hydrogen-bond donors (Lipinski definition) is 1. The van der Waals surface area contributed by atoms with Crippen molar-refractivity contribution in [3.8, 4) is 22.5 Å². The van der Waals surface area contributed by atoms with Crippen molar-refractivity contribution in [1.29, 1.82) is 0 Å². The van der Waals surface area contributed by atoms with Crippen LogP contribution in [-0.4, -0.2) is 15.9 Å². The highest BCUT2D eigenvalue weighted by atomic mass is 32.1. The van der Waals surface area contributed by atoms with Crippen molar-refractivity contribution in [3.63, 3.8) is 0 Å². The van der Waals surface area contributed by atoms with Crippen LogP contribution >= 0.6 is 11.3 Å². The van der Waals surface area contributed by atoms with Gasteiger partial charge in [0.1, 0.15) is 11.4 Å². The van der Waals surface area contributed by atoms with E-state index >= 15 is 0 Å².